The molecule has 50 valence electrons. The Hall–Kier alpha value is 0.0900. The topological polar surface area (TPSA) is 0 Å². The molecule has 1 atom stereocenters. The van der Waals surface area contributed by atoms with E-state index < -0.39 is 0 Å². The van der Waals surface area contributed by atoms with Gasteiger partial charge in [-0.1, -0.05) is 6.08 Å². The highest BCUT2D eigenvalue weighted by Crippen LogP contribution is 2.40. The van der Waals surface area contributed by atoms with Crippen LogP contribution in [0.3, 0.4) is 0 Å². The average Bonchev–Trinajstić information content (AvgIpc) is 1.88. The molecule has 0 nitrogen and oxygen atoms in total. The number of allylic oxidation sites excluding steroid dienone is 2. The van der Waals surface area contributed by atoms with E-state index in [1.807, 2.05) is 0 Å². The molecule has 1 heteroatoms. The minimum atomic E-state index is 0.999. The molecule has 0 N–H and O–H groups in total. The zero-order valence-corrected chi connectivity index (χ0v) is 6.41. The molecule has 9 heavy (non-hydrogen) atoms. The number of rotatable bonds is 0. The van der Waals surface area contributed by atoms with Crippen molar-refractivity contribution in [2.45, 2.75) is 37.4 Å². The molecule has 0 aromatic rings. The zero-order valence-electron chi connectivity index (χ0n) is 5.60. The molecule has 1 unspecified atom stereocenters. The molecule has 0 aliphatic carbocycles. The van der Waals surface area contributed by atoms with Crippen LogP contribution in [0.25, 0.3) is 0 Å². The third kappa shape index (κ3) is 1.16. The van der Waals surface area contributed by atoms with E-state index in [0.29, 0.717) is 0 Å². The van der Waals surface area contributed by atoms with Crippen molar-refractivity contribution in [1.82, 2.24) is 0 Å². The molecule has 0 spiro atoms. The predicted octanol–water partition coefficient (Wildman–Crippen LogP) is 2.95. The van der Waals surface area contributed by atoms with Crippen molar-refractivity contribution in [3.63, 3.8) is 0 Å². The number of hydrogen-bond acceptors (Lipinski definition) is 1. The lowest BCUT2D eigenvalue weighted by atomic mass is 10.0. The Morgan fingerprint density at radius 1 is 1.44 bits per heavy atom. The van der Waals surface area contributed by atoms with Crippen LogP contribution >= 0.6 is 11.8 Å². The fraction of sp³-hybridized carbons (Fsp3) is 0.750. The van der Waals surface area contributed by atoms with Gasteiger partial charge in [0.15, 0.2) is 0 Å². The quantitative estimate of drug-likeness (QED) is 0.498. The van der Waals surface area contributed by atoms with Gasteiger partial charge in [0.25, 0.3) is 0 Å². The summed E-state index contributed by atoms with van der Waals surface area (Å²) in [4.78, 5) is 1.68. The van der Waals surface area contributed by atoms with Crippen molar-refractivity contribution in [2.75, 3.05) is 0 Å². The Balaban J connectivity index is 2.13. The minimum Gasteiger partial charge on any atom is -0.128 e. The molecule has 2 bridgehead atoms. The van der Waals surface area contributed by atoms with E-state index in [1.165, 1.54) is 32.1 Å². The highest BCUT2D eigenvalue weighted by molar-refractivity contribution is 8.03. The normalized spacial score (nSPS) is 33.8. The van der Waals surface area contributed by atoms with Gasteiger partial charge < -0.3 is 0 Å². The Bertz CT molecular complexity index is 138. The molecule has 2 heterocycles. The maximum Gasteiger partial charge on any atom is 0.00941 e. The fourth-order valence-corrected chi connectivity index (χ4v) is 3.06. The van der Waals surface area contributed by atoms with Gasteiger partial charge in [-0.3, -0.25) is 0 Å². The van der Waals surface area contributed by atoms with Gasteiger partial charge in [-0.05, 0) is 37.0 Å². The smallest absolute Gasteiger partial charge is 0.00941 e. The van der Waals surface area contributed by atoms with Gasteiger partial charge in [0.05, 0.1) is 0 Å². The summed E-state index contributed by atoms with van der Waals surface area (Å²) in [5.41, 5.74) is 0. The zero-order chi connectivity index (χ0) is 6.10. The van der Waals surface area contributed by atoms with Crippen LogP contribution in [0.4, 0.5) is 0 Å². The molecule has 0 saturated carbocycles. The van der Waals surface area contributed by atoms with Gasteiger partial charge in [-0.15, -0.1) is 11.8 Å². The largest absolute Gasteiger partial charge is 0.128 e. The van der Waals surface area contributed by atoms with Gasteiger partial charge in [-0.2, -0.15) is 0 Å². The first-order chi connectivity index (χ1) is 4.45. The van der Waals surface area contributed by atoms with Gasteiger partial charge >= 0.3 is 0 Å². The van der Waals surface area contributed by atoms with Crippen molar-refractivity contribution in [3.8, 4) is 0 Å². The summed E-state index contributed by atoms with van der Waals surface area (Å²) in [6, 6.07) is 0. The molecular formula is C8H12S. The molecule has 2 aliphatic heterocycles. The van der Waals surface area contributed by atoms with Crippen LogP contribution in [-0.2, 0) is 0 Å². The summed E-state index contributed by atoms with van der Waals surface area (Å²) in [7, 11) is 0. The molecule has 0 aromatic carbocycles. The second-order valence-electron chi connectivity index (χ2n) is 2.88. The second kappa shape index (κ2) is 2.37. The second-order valence-corrected chi connectivity index (χ2v) is 4.31. The minimum absolute atomic E-state index is 0.999. The third-order valence-corrected chi connectivity index (χ3v) is 3.61. The van der Waals surface area contributed by atoms with E-state index in [0.717, 1.165) is 5.25 Å². The molecule has 2 aliphatic rings. The molecule has 2 rings (SSSR count). The Morgan fingerprint density at radius 2 is 2.44 bits per heavy atom. The van der Waals surface area contributed by atoms with Crippen molar-refractivity contribution >= 4 is 11.8 Å². The number of thioether (sulfide) groups is 1. The summed E-state index contributed by atoms with van der Waals surface area (Å²) in [6.45, 7) is 0. The standard InChI is InChI=1S/C8H12S/c1-3-7-5-2-6-8(4-1)9-7/h3,8H,1-2,4-6H2. The van der Waals surface area contributed by atoms with E-state index in [1.54, 1.807) is 4.91 Å². The van der Waals surface area contributed by atoms with Gasteiger partial charge in [0.1, 0.15) is 0 Å². The number of hydrogen-bond donors (Lipinski definition) is 0. The Labute approximate surface area is 60.7 Å². The molecule has 1 fully saturated rings. The fourth-order valence-electron chi connectivity index (χ4n) is 1.62. The third-order valence-electron chi connectivity index (χ3n) is 2.13. The van der Waals surface area contributed by atoms with Crippen LogP contribution in [0.5, 0.6) is 0 Å². The van der Waals surface area contributed by atoms with Crippen molar-refractivity contribution in [2.24, 2.45) is 0 Å². The lowest BCUT2D eigenvalue weighted by molar-refractivity contribution is 0.632. The first kappa shape index (κ1) is 5.84. The summed E-state index contributed by atoms with van der Waals surface area (Å²) < 4.78 is 0. The Kier molecular flexibility index (Phi) is 1.54. The average molecular weight is 140 g/mol. The van der Waals surface area contributed by atoms with Crippen molar-refractivity contribution in [1.29, 1.82) is 0 Å². The lowest BCUT2D eigenvalue weighted by Gasteiger charge is -2.26. The van der Waals surface area contributed by atoms with Gasteiger partial charge in [0.2, 0.25) is 0 Å². The number of fused-ring (bicyclic) bond motifs is 2. The molecular weight excluding hydrogens is 128 g/mol. The summed E-state index contributed by atoms with van der Waals surface area (Å²) in [5, 5.41) is 0.999. The molecule has 0 aromatic heterocycles. The van der Waals surface area contributed by atoms with E-state index in [9.17, 15) is 0 Å². The van der Waals surface area contributed by atoms with Gasteiger partial charge in [0, 0.05) is 5.25 Å². The predicted molar refractivity (Wildman–Crippen MR) is 42.5 cm³/mol. The first-order valence-electron chi connectivity index (χ1n) is 3.81. The van der Waals surface area contributed by atoms with Gasteiger partial charge in [-0.25, -0.2) is 0 Å². The highest BCUT2D eigenvalue weighted by atomic mass is 32.2. The van der Waals surface area contributed by atoms with Crippen molar-refractivity contribution in [3.05, 3.63) is 11.0 Å². The molecule has 0 amide bonds. The SMILES string of the molecule is C1=C2CCCC(CC1)S2. The Morgan fingerprint density at radius 3 is 3.22 bits per heavy atom. The summed E-state index contributed by atoms with van der Waals surface area (Å²) in [5.74, 6) is 0. The van der Waals surface area contributed by atoms with E-state index in [4.69, 9.17) is 0 Å². The van der Waals surface area contributed by atoms with Crippen LogP contribution in [-0.4, -0.2) is 5.25 Å². The van der Waals surface area contributed by atoms with Crippen molar-refractivity contribution < 1.29 is 0 Å². The van der Waals surface area contributed by atoms with E-state index in [2.05, 4.69) is 17.8 Å². The van der Waals surface area contributed by atoms with Crippen LogP contribution < -0.4 is 0 Å². The molecule has 1 saturated heterocycles. The summed E-state index contributed by atoms with van der Waals surface area (Å²) in [6.07, 6.45) is 9.52. The first-order valence-corrected chi connectivity index (χ1v) is 4.69. The highest BCUT2D eigenvalue weighted by Gasteiger charge is 2.19. The van der Waals surface area contributed by atoms with Crippen LogP contribution in [0.15, 0.2) is 11.0 Å². The van der Waals surface area contributed by atoms with E-state index in [-0.39, 0.29) is 0 Å². The van der Waals surface area contributed by atoms with E-state index >= 15 is 0 Å². The lowest BCUT2D eigenvalue weighted by Crippen LogP contribution is -2.11. The van der Waals surface area contributed by atoms with Crippen LogP contribution in [0.2, 0.25) is 0 Å². The maximum absolute atomic E-state index is 2.43. The van der Waals surface area contributed by atoms with Crippen LogP contribution in [0.1, 0.15) is 32.1 Å². The maximum atomic E-state index is 2.43. The molecule has 0 radical (unpaired) electrons. The summed E-state index contributed by atoms with van der Waals surface area (Å²) >= 11 is 2.13. The van der Waals surface area contributed by atoms with Crippen LogP contribution in [0, 0.1) is 0 Å². The monoisotopic (exact) mass is 140 g/mol.